The van der Waals surface area contributed by atoms with Crippen molar-refractivity contribution in [2.24, 2.45) is 0 Å². The summed E-state index contributed by atoms with van der Waals surface area (Å²) in [6.45, 7) is 2.60. The summed E-state index contributed by atoms with van der Waals surface area (Å²) in [7, 11) is 0. The minimum absolute atomic E-state index is 0.327. The lowest BCUT2D eigenvalue weighted by Gasteiger charge is -2.04. The first-order valence-electron chi connectivity index (χ1n) is 6.12. The largest absolute Gasteiger partial charge is 0.369 e. The van der Waals surface area contributed by atoms with E-state index in [9.17, 15) is 4.39 Å². The van der Waals surface area contributed by atoms with E-state index >= 15 is 0 Å². The second-order valence-electron chi connectivity index (χ2n) is 4.39. The standard InChI is InChI=1S/C13H12BrFN4S/c1-2-7-5-17-12(20-7)6-19-11-4-9(15)8(14)3-10(11)18-13(19)16/h3-5H,2,6H2,1H3,(H2,16,18). The molecule has 1 aromatic carbocycles. The van der Waals surface area contributed by atoms with Crippen molar-refractivity contribution in [2.45, 2.75) is 19.9 Å². The zero-order valence-electron chi connectivity index (χ0n) is 10.7. The fourth-order valence-corrected chi connectivity index (χ4v) is 3.21. The van der Waals surface area contributed by atoms with Gasteiger partial charge in [-0.15, -0.1) is 11.3 Å². The number of aromatic nitrogens is 3. The zero-order valence-corrected chi connectivity index (χ0v) is 13.1. The Morgan fingerprint density at radius 3 is 2.95 bits per heavy atom. The van der Waals surface area contributed by atoms with Crippen molar-refractivity contribution < 1.29 is 4.39 Å². The average molecular weight is 355 g/mol. The summed E-state index contributed by atoms with van der Waals surface area (Å²) in [6.07, 6.45) is 2.83. The molecule has 0 saturated carbocycles. The molecule has 7 heteroatoms. The van der Waals surface area contributed by atoms with E-state index in [0.29, 0.717) is 28.0 Å². The first kappa shape index (κ1) is 13.5. The van der Waals surface area contributed by atoms with Crippen LogP contribution in [-0.4, -0.2) is 14.5 Å². The van der Waals surface area contributed by atoms with Crippen LogP contribution in [-0.2, 0) is 13.0 Å². The number of imidazole rings is 1. The Morgan fingerprint density at radius 1 is 1.45 bits per heavy atom. The third kappa shape index (κ3) is 2.31. The monoisotopic (exact) mass is 354 g/mol. The van der Waals surface area contributed by atoms with Crippen LogP contribution in [0.3, 0.4) is 0 Å². The Balaban J connectivity index is 2.06. The van der Waals surface area contributed by atoms with Crippen LogP contribution in [0.2, 0.25) is 0 Å². The number of nitrogens with two attached hydrogens (primary N) is 1. The van der Waals surface area contributed by atoms with Gasteiger partial charge in [-0.05, 0) is 28.4 Å². The molecule has 0 bridgehead atoms. The highest BCUT2D eigenvalue weighted by Crippen LogP contribution is 2.26. The molecule has 0 saturated heterocycles. The van der Waals surface area contributed by atoms with Gasteiger partial charge in [-0.25, -0.2) is 14.4 Å². The predicted octanol–water partition coefficient (Wildman–Crippen LogP) is 3.59. The van der Waals surface area contributed by atoms with Gasteiger partial charge in [0.25, 0.3) is 0 Å². The summed E-state index contributed by atoms with van der Waals surface area (Å²) in [5.41, 5.74) is 7.28. The van der Waals surface area contributed by atoms with Crippen molar-refractivity contribution in [1.29, 1.82) is 0 Å². The average Bonchev–Trinajstić information content (AvgIpc) is 2.98. The number of benzene rings is 1. The summed E-state index contributed by atoms with van der Waals surface area (Å²) >= 11 is 4.79. The highest BCUT2D eigenvalue weighted by Gasteiger charge is 2.13. The van der Waals surface area contributed by atoms with Gasteiger partial charge >= 0.3 is 0 Å². The fraction of sp³-hybridized carbons (Fsp3) is 0.231. The van der Waals surface area contributed by atoms with Crippen molar-refractivity contribution in [1.82, 2.24) is 14.5 Å². The van der Waals surface area contributed by atoms with Gasteiger partial charge in [0.15, 0.2) is 0 Å². The van der Waals surface area contributed by atoms with E-state index in [4.69, 9.17) is 5.73 Å². The van der Waals surface area contributed by atoms with Crippen LogP contribution in [0.4, 0.5) is 10.3 Å². The quantitative estimate of drug-likeness (QED) is 0.781. The maximum absolute atomic E-state index is 13.7. The number of hydrogen-bond donors (Lipinski definition) is 1. The van der Waals surface area contributed by atoms with E-state index in [-0.39, 0.29) is 5.82 Å². The Labute approximate surface area is 127 Å². The van der Waals surface area contributed by atoms with Gasteiger partial charge in [-0.3, -0.25) is 0 Å². The molecule has 0 atom stereocenters. The molecule has 3 rings (SSSR count). The molecule has 0 amide bonds. The van der Waals surface area contributed by atoms with Crippen LogP contribution < -0.4 is 5.73 Å². The topological polar surface area (TPSA) is 56.7 Å². The first-order chi connectivity index (χ1) is 9.58. The van der Waals surface area contributed by atoms with E-state index in [2.05, 4.69) is 32.8 Å². The second-order valence-corrected chi connectivity index (χ2v) is 6.44. The molecule has 104 valence electrons. The molecule has 0 spiro atoms. The molecular weight excluding hydrogens is 343 g/mol. The molecule has 3 aromatic rings. The summed E-state index contributed by atoms with van der Waals surface area (Å²) in [6, 6.07) is 3.08. The minimum Gasteiger partial charge on any atom is -0.369 e. The van der Waals surface area contributed by atoms with Crippen LogP contribution in [0, 0.1) is 5.82 Å². The number of thiazole rings is 1. The molecule has 2 heterocycles. The van der Waals surface area contributed by atoms with Gasteiger partial charge < -0.3 is 10.3 Å². The summed E-state index contributed by atoms with van der Waals surface area (Å²) in [4.78, 5) is 9.84. The molecule has 0 aliphatic heterocycles. The van der Waals surface area contributed by atoms with E-state index in [1.54, 1.807) is 22.0 Å². The van der Waals surface area contributed by atoms with Gasteiger partial charge in [0.2, 0.25) is 5.95 Å². The van der Waals surface area contributed by atoms with Gasteiger partial charge in [0.1, 0.15) is 10.8 Å². The number of rotatable bonds is 3. The Morgan fingerprint density at radius 2 is 2.25 bits per heavy atom. The molecule has 20 heavy (non-hydrogen) atoms. The lowest BCUT2D eigenvalue weighted by atomic mass is 10.3. The third-order valence-corrected chi connectivity index (χ3v) is 4.80. The smallest absolute Gasteiger partial charge is 0.201 e. The van der Waals surface area contributed by atoms with E-state index in [1.807, 2.05) is 6.20 Å². The zero-order chi connectivity index (χ0) is 14.3. The Hall–Kier alpha value is -1.47. The second kappa shape index (κ2) is 5.14. The van der Waals surface area contributed by atoms with Crippen molar-refractivity contribution in [3.8, 4) is 0 Å². The van der Waals surface area contributed by atoms with Crippen LogP contribution in [0.5, 0.6) is 0 Å². The molecule has 0 fully saturated rings. The number of halogens is 2. The predicted molar refractivity (Wildman–Crippen MR) is 82.4 cm³/mol. The van der Waals surface area contributed by atoms with Gasteiger partial charge in [-0.2, -0.15) is 0 Å². The van der Waals surface area contributed by atoms with Crippen LogP contribution in [0.25, 0.3) is 11.0 Å². The Bertz CT molecular complexity index is 780. The maximum atomic E-state index is 13.7. The van der Waals surface area contributed by atoms with Gasteiger partial charge in [-0.1, -0.05) is 6.92 Å². The number of fused-ring (bicyclic) bond motifs is 1. The molecule has 2 aromatic heterocycles. The lowest BCUT2D eigenvalue weighted by molar-refractivity contribution is 0.622. The highest BCUT2D eigenvalue weighted by atomic mass is 79.9. The normalized spacial score (nSPS) is 11.3. The number of nitrogens with zero attached hydrogens (tertiary/aromatic N) is 3. The molecule has 0 unspecified atom stereocenters. The Kier molecular flexibility index (Phi) is 3.47. The summed E-state index contributed by atoms with van der Waals surface area (Å²) < 4.78 is 15.9. The van der Waals surface area contributed by atoms with E-state index in [1.165, 1.54) is 10.9 Å². The molecular formula is C13H12BrFN4S. The SMILES string of the molecule is CCc1cnc(Cn2c(N)nc3cc(Br)c(F)cc32)s1. The number of hydrogen-bond acceptors (Lipinski definition) is 4. The third-order valence-electron chi connectivity index (χ3n) is 3.06. The molecule has 4 nitrogen and oxygen atoms in total. The lowest BCUT2D eigenvalue weighted by Crippen LogP contribution is -2.04. The van der Waals surface area contributed by atoms with Gasteiger partial charge in [0.05, 0.1) is 22.1 Å². The number of aryl methyl sites for hydroxylation is 1. The van der Waals surface area contributed by atoms with Gasteiger partial charge in [0, 0.05) is 17.1 Å². The van der Waals surface area contributed by atoms with Crippen molar-refractivity contribution in [3.05, 3.63) is 38.5 Å². The molecule has 2 N–H and O–H groups in total. The first-order valence-corrected chi connectivity index (χ1v) is 7.73. The van der Waals surface area contributed by atoms with E-state index in [0.717, 1.165) is 11.4 Å². The summed E-state index contributed by atoms with van der Waals surface area (Å²) in [5.74, 6) is 0.0396. The van der Waals surface area contributed by atoms with Crippen LogP contribution in [0.15, 0.2) is 22.8 Å². The maximum Gasteiger partial charge on any atom is 0.201 e. The molecule has 0 aliphatic carbocycles. The van der Waals surface area contributed by atoms with Crippen molar-refractivity contribution in [2.75, 3.05) is 5.73 Å². The number of anilines is 1. The highest BCUT2D eigenvalue weighted by molar-refractivity contribution is 9.10. The summed E-state index contributed by atoms with van der Waals surface area (Å²) in [5, 5.41) is 0.941. The van der Waals surface area contributed by atoms with Crippen LogP contribution in [0.1, 0.15) is 16.8 Å². The molecule has 0 radical (unpaired) electrons. The fourth-order valence-electron chi connectivity index (χ4n) is 2.02. The van der Waals surface area contributed by atoms with Crippen molar-refractivity contribution in [3.63, 3.8) is 0 Å². The van der Waals surface area contributed by atoms with Crippen molar-refractivity contribution >= 4 is 44.2 Å². The minimum atomic E-state index is -0.327. The number of nitrogen functional groups attached to an aromatic ring is 1. The van der Waals surface area contributed by atoms with Crippen LogP contribution >= 0.6 is 27.3 Å². The molecule has 0 aliphatic rings. The van der Waals surface area contributed by atoms with E-state index < -0.39 is 0 Å².